The smallest absolute Gasteiger partial charge is 0.234 e. The molecule has 0 fully saturated rings. The summed E-state index contributed by atoms with van der Waals surface area (Å²) in [5, 5.41) is 5.61. The van der Waals surface area contributed by atoms with Crippen molar-refractivity contribution in [3.63, 3.8) is 0 Å². The second-order valence-electron chi connectivity index (χ2n) is 4.40. The fourth-order valence-electron chi connectivity index (χ4n) is 2.06. The Balaban J connectivity index is 2.03. The highest BCUT2D eigenvalue weighted by Gasteiger charge is 2.23. The van der Waals surface area contributed by atoms with Gasteiger partial charge in [0.05, 0.1) is 13.0 Å². The predicted molar refractivity (Wildman–Crippen MR) is 69.3 cm³/mol. The summed E-state index contributed by atoms with van der Waals surface area (Å²) in [6, 6.07) is 5.85. The van der Waals surface area contributed by atoms with E-state index in [4.69, 9.17) is 0 Å². The minimum atomic E-state index is -0.0359. The van der Waals surface area contributed by atoms with Crippen LogP contribution in [0.25, 0.3) is 0 Å². The lowest BCUT2D eigenvalue weighted by atomic mass is 10.1. The molecular formula is C13H17N3O2. The average Bonchev–Trinajstić information content (AvgIpc) is 2.63. The predicted octanol–water partition coefficient (Wildman–Crippen LogP) is 0.0411. The second-order valence-corrected chi connectivity index (χ2v) is 4.40. The van der Waals surface area contributed by atoms with Crippen LogP contribution in [0.5, 0.6) is 0 Å². The van der Waals surface area contributed by atoms with E-state index >= 15 is 0 Å². The third-order valence-electron chi connectivity index (χ3n) is 3.05. The Morgan fingerprint density at radius 2 is 2.22 bits per heavy atom. The number of rotatable bonds is 4. The first-order valence-corrected chi connectivity index (χ1v) is 5.91. The quantitative estimate of drug-likeness (QED) is 0.790. The van der Waals surface area contributed by atoms with Crippen molar-refractivity contribution < 1.29 is 9.59 Å². The maximum absolute atomic E-state index is 11.5. The largest absolute Gasteiger partial charge is 0.351 e. The number of carbonyl (C=O) groups excluding carboxylic acids is 2. The van der Waals surface area contributed by atoms with E-state index in [2.05, 4.69) is 10.6 Å². The molecule has 5 nitrogen and oxygen atoms in total. The SMILES string of the molecule is CNCC(=O)NCc1ccc2c(c1)CC(=O)N2C. The molecule has 0 bridgehead atoms. The molecule has 5 heteroatoms. The summed E-state index contributed by atoms with van der Waals surface area (Å²) in [5.41, 5.74) is 3.01. The Morgan fingerprint density at radius 1 is 1.44 bits per heavy atom. The number of anilines is 1. The van der Waals surface area contributed by atoms with Crippen LogP contribution in [0.4, 0.5) is 5.69 Å². The molecule has 0 spiro atoms. The lowest BCUT2D eigenvalue weighted by Gasteiger charge is -2.11. The zero-order valence-electron chi connectivity index (χ0n) is 10.6. The number of fused-ring (bicyclic) bond motifs is 1. The van der Waals surface area contributed by atoms with Gasteiger partial charge in [0, 0.05) is 19.3 Å². The Bertz CT molecular complexity index is 485. The van der Waals surface area contributed by atoms with E-state index in [0.717, 1.165) is 16.8 Å². The van der Waals surface area contributed by atoms with Crippen molar-refractivity contribution in [1.29, 1.82) is 0 Å². The monoisotopic (exact) mass is 247 g/mol. The van der Waals surface area contributed by atoms with Crippen molar-refractivity contribution in [2.45, 2.75) is 13.0 Å². The summed E-state index contributed by atoms with van der Waals surface area (Å²) in [4.78, 5) is 24.5. The van der Waals surface area contributed by atoms with Gasteiger partial charge in [0.2, 0.25) is 11.8 Å². The van der Waals surface area contributed by atoms with Gasteiger partial charge in [-0.25, -0.2) is 0 Å². The summed E-state index contributed by atoms with van der Waals surface area (Å²) in [6.07, 6.45) is 0.449. The average molecular weight is 247 g/mol. The van der Waals surface area contributed by atoms with Crippen LogP contribution in [0.2, 0.25) is 0 Å². The normalized spacial score (nSPS) is 13.7. The van der Waals surface area contributed by atoms with Crippen molar-refractivity contribution >= 4 is 17.5 Å². The van der Waals surface area contributed by atoms with Crippen LogP contribution in [-0.2, 0) is 22.6 Å². The first-order chi connectivity index (χ1) is 8.61. The van der Waals surface area contributed by atoms with E-state index in [1.54, 1.807) is 19.0 Å². The first kappa shape index (κ1) is 12.6. The van der Waals surface area contributed by atoms with Gasteiger partial charge in [0.1, 0.15) is 0 Å². The van der Waals surface area contributed by atoms with Crippen molar-refractivity contribution in [3.8, 4) is 0 Å². The van der Waals surface area contributed by atoms with E-state index in [-0.39, 0.29) is 11.8 Å². The molecule has 0 atom stereocenters. The number of hydrogen-bond donors (Lipinski definition) is 2. The molecule has 1 heterocycles. The fourth-order valence-corrected chi connectivity index (χ4v) is 2.06. The fraction of sp³-hybridized carbons (Fsp3) is 0.385. The Labute approximate surface area is 106 Å². The van der Waals surface area contributed by atoms with Gasteiger partial charge in [-0.1, -0.05) is 12.1 Å². The van der Waals surface area contributed by atoms with Gasteiger partial charge in [-0.3, -0.25) is 9.59 Å². The Morgan fingerprint density at radius 3 is 2.94 bits per heavy atom. The number of hydrogen-bond acceptors (Lipinski definition) is 3. The standard InChI is InChI=1S/C13H17N3O2/c1-14-8-12(17)15-7-9-3-4-11-10(5-9)6-13(18)16(11)2/h3-5,14H,6-8H2,1-2H3,(H,15,17). The number of nitrogens with one attached hydrogen (secondary N) is 2. The second kappa shape index (κ2) is 5.18. The van der Waals surface area contributed by atoms with E-state index in [9.17, 15) is 9.59 Å². The Kier molecular flexibility index (Phi) is 3.62. The molecule has 1 aromatic carbocycles. The molecule has 0 saturated carbocycles. The zero-order chi connectivity index (χ0) is 13.1. The molecule has 2 amide bonds. The summed E-state index contributed by atoms with van der Waals surface area (Å²) >= 11 is 0. The molecule has 0 radical (unpaired) electrons. The van der Waals surface area contributed by atoms with Crippen LogP contribution in [0.1, 0.15) is 11.1 Å². The summed E-state index contributed by atoms with van der Waals surface area (Å²) in [7, 11) is 3.51. The first-order valence-electron chi connectivity index (χ1n) is 5.91. The van der Waals surface area contributed by atoms with Crippen LogP contribution < -0.4 is 15.5 Å². The molecule has 0 aliphatic carbocycles. The summed E-state index contributed by atoms with van der Waals surface area (Å²) in [5.74, 6) is 0.0764. The summed E-state index contributed by atoms with van der Waals surface area (Å²) in [6.45, 7) is 0.803. The molecule has 1 aliphatic rings. The van der Waals surface area contributed by atoms with Gasteiger partial charge in [-0.2, -0.15) is 0 Å². The highest BCUT2D eigenvalue weighted by Crippen LogP contribution is 2.28. The number of carbonyl (C=O) groups is 2. The van der Waals surface area contributed by atoms with E-state index < -0.39 is 0 Å². The molecule has 2 N–H and O–H groups in total. The van der Waals surface area contributed by atoms with E-state index in [1.165, 1.54) is 0 Å². The van der Waals surface area contributed by atoms with Crippen molar-refractivity contribution in [3.05, 3.63) is 29.3 Å². The van der Waals surface area contributed by atoms with Crippen LogP contribution >= 0.6 is 0 Å². The zero-order valence-corrected chi connectivity index (χ0v) is 10.6. The molecule has 18 heavy (non-hydrogen) atoms. The lowest BCUT2D eigenvalue weighted by Crippen LogP contribution is -2.31. The number of benzene rings is 1. The molecule has 1 aromatic rings. The van der Waals surface area contributed by atoms with Crippen molar-refractivity contribution in [2.24, 2.45) is 0 Å². The number of likely N-dealkylation sites (N-methyl/N-ethyl adjacent to an activating group) is 2. The molecular weight excluding hydrogens is 230 g/mol. The minimum Gasteiger partial charge on any atom is -0.351 e. The van der Waals surface area contributed by atoms with Crippen LogP contribution in [0.15, 0.2) is 18.2 Å². The van der Waals surface area contributed by atoms with Crippen molar-refractivity contribution in [2.75, 3.05) is 25.5 Å². The molecule has 0 saturated heterocycles. The van der Waals surface area contributed by atoms with Gasteiger partial charge in [-0.05, 0) is 24.2 Å². The number of nitrogens with zero attached hydrogens (tertiary/aromatic N) is 1. The Hall–Kier alpha value is -1.88. The van der Waals surface area contributed by atoms with Gasteiger partial charge in [0.25, 0.3) is 0 Å². The third kappa shape index (κ3) is 2.51. The highest BCUT2D eigenvalue weighted by molar-refractivity contribution is 6.00. The van der Waals surface area contributed by atoms with E-state index in [0.29, 0.717) is 19.5 Å². The minimum absolute atomic E-state index is 0.0359. The molecule has 96 valence electrons. The van der Waals surface area contributed by atoms with Gasteiger partial charge in [-0.15, -0.1) is 0 Å². The van der Waals surface area contributed by atoms with Gasteiger partial charge >= 0.3 is 0 Å². The topological polar surface area (TPSA) is 61.4 Å². The molecule has 2 rings (SSSR count). The van der Waals surface area contributed by atoms with E-state index in [1.807, 2.05) is 18.2 Å². The maximum atomic E-state index is 11.5. The van der Waals surface area contributed by atoms with Crippen molar-refractivity contribution in [1.82, 2.24) is 10.6 Å². The third-order valence-corrected chi connectivity index (χ3v) is 3.05. The number of amides is 2. The molecule has 1 aliphatic heterocycles. The maximum Gasteiger partial charge on any atom is 0.234 e. The molecule has 0 unspecified atom stereocenters. The summed E-state index contributed by atoms with van der Waals surface area (Å²) < 4.78 is 0. The van der Waals surface area contributed by atoms with Crippen LogP contribution in [0, 0.1) is 0 Å². The van der Waals surface area contributed by atoms with Gasteiger partial charge in [0.15, 0.2) is 0 Å². The molecule has 0 aromatic heterocycles. The van der Waals surface area contributed by atoms with Crippen LogP contribution in [-0.4, -0.2) is 32.5 Å². The van der Waals surface area contributed by atoms with Gasteiger partial charge < -0.3 is 15.5 Å². The highest BCUT2D eigenvalue weighted by atomic mass is 16.2. The van der Waals surface area contributed by atoms with Crippen LogP contribution in [0.3, 0.4) is 0 Å². The lowest BCUT2D eigenvalue weighted by molar-refractivity contribution is -0.120.